The Morgan fingerprint density at radius 1 is 1.35 bits per heavy atom. The van der Waals surface area contributed by atoms with E-state index < -0.39 is 0 Å². The summed E-state index contributed by atoms with van der Waals surface area (Å²) in [5.74, 6) is 0.483. The molecule has 3 heterocycles. The summed E-state index contributed by atoms with van der Waals surface area (Å²) in [5.41, 5.74) is 2.73. The number of hydrogen-bond acceptors (Lipinski definition) is 5. The fourth-order valence-corrected chi connectivity index (χ4v) is 2.97. The molecule has 0 unspecified atom stereocenters. The van der Waals surface area contributed by atoms with Crippen molar-refractivity contribution in [2.45, 2.75) is 12.8 Å². The maximum absolute atomic E-state index is 11.9. The van der Waals surface area contributed by atoms with E-state index in [0.717, 1.165) is 43.0 Å². The van der Waals surface area contributed by atoms with E-state index in [4.69, 9.17) is 9.72 Å². The minimum atomic E-state index is 0.0599. The predicted molar refractivity (Wildman–Crippen MR) is 84.5 cm³/mol. The third-order valence-electron chi connectivity index (χ3n) is 4.17. The van der Waals surface area contributed by atoms with E-state index in [0.29, 0.717) is 5.92 Å². The number of carbonyl (C=O) groups is 1. The lowest BCUT2D eigenvalue weighted by atomic mass is 10.0. The molecule has 7 nitrogen and oxygen atoms in total. The molecule has 1 fully saturated rings. The molecule has 2 aromatic heterocycles. The van der Waals surface area contributed by atoms with Gasteiger partial charge in [-0.1, -0.05) is 0 Å². The highest BCUT2D eigenvalue weighted by Gasteiger charge is 2.26. The Morgan fingerprint density at radius 3 is 2.96 bits per heavy atom. The molecular formula is C16H21N5O2. The van der Waals surface area contributed by atoms with Crippen molar-refractivity contribution in [1.29, 1.82) is 0 Å². The first-order chi connectivity index (χ1) is 11.2. The van der Waals surface area contributed by atoms with Crippen molar-refractivity contribution in [3.8, 4) is 11.4 Å². The van der Waals surface area contributed by atoms with Crippen LogP contribution in [-0.2, 0) is 23.0 Å². The summed E-state index contributed by atoms with van der Waals surface area (Å²) in [6.45, 7) is 1.71. The number of rotatable bonds is 5. The molecule has 0 saturated carbocycles. The summed E-state index contributed by atoms with van der Waals surface area (Å²) in [6, 6.07) is 0. The number of carbonyl (C=O) groups excluding carboxylic acids is 1. The number of ether oxygens (including phenoxy) is 1. The number of imidazole rings is 1. The topological polar surface area (TPSA) is 73.1 Å². The second-order valence-electron chi connectivity index (χ2n) is 5.92. The molecule has 2 aromatic rings. The first kappa shape index (κ1) is 15.6. The molecule has 1 saturated heterocycles. The van der Waals surface area contributed by atoms with Crippen molar-refractivity contribution >= 4 is 5.91 Å². The van der Waals surface area contributed by atoms with Crippen LogP contribution in [-0.4, -0.2) is 57.1 Å². The van der Waals surface area contributed by atoms with E-state index in [9.17, 15) is 4.79 Å². The molecule has 0 aliphatic carbocycles. The van der Waals surface area contributed by atoms with Crippen LogP contribution in [0.4, 0.5) is 0 Å². The Bertz CT molecular complexity index is 685. The van der Waals surface area contributed by atoms with Gasteiger partial charge in [0.05, 0.1) is 30.1 Å². The summed E-state index contributed by atoms with van der Waals surface area (Å²) in [5, 5.41) is 0. The summed E-state index contributed by atoms with van der Waals surface area (Å²) in [6.07, 6.45) is 8.92. The van der Waals surface area contributed by atoms with E-state index in [2.05, 4.69) is 9.97 Å². The minimum Gasteiger partial charge on any atom is -0.375 e. The second-order valence-corrected chi connectivity index (χ2v) is 5.92. The summed E-state index contributed by atoms with van der Waals surface area (Å²) >= 11 is 0. The molecule has 0 aromatic carbocycles. The van der Waals surface area contributed by atoms with Crippen LogP contribution in [0.2, 0.25) is 0 Å². The van der Waals surface area contributed by atoms with Gasteiger partial charge in [-0.2, -0.15) is 0 Å². The van der Waals surface area contributed by atoms with E-state index in [1.165, 1.54) is 0 Å². The highest BCUT2D eigenvalue weighted by Crippen LogP contribution is 2.21. The lowest BCUT2D eigenvalue weighted by molar-refractivity contribution is -0.134. The van der Waals surface area contributed by atoms with E-state index >= 15 is 0 Å². The Labute approximate surface area is 135 Å². The van der Waals surface area contributed by atoms with Gasteiger partial charge in [-0.05, 0) is 18.8 Å². The fourth-order valence-electron chi connectivity index (χ4n) is 2.97. The van der Waals surface area contributed by atoms with Gasteiger partial charge in [0.25, 0.3) is 0 Å². The van der Waals surface area contributed by atoms with Gasteiger partial charge in [0.15, 0.2) is 0 Å². The maximum Gasteiger partial charge on any atom is 0.248 e. The van der Waals surface area contributed by atoms with Crippen molar-refractivity contribution < 1.29 is 9.53 Å². The lowest BCUT2D eigenvalue weighted by Gasteiger charge is -2.15. The number of aromatic nitrogens is 4. The van der Waals surface area contributed by atoms with Gasteiger partial charge in [-0.25, -0.2) is 9.97 Å². The van der Waals surface area contributed by atoms with Gasteiger partial charge in [0, 0.05) is 33.4 Å². The zero-order valence-electron chi connectivity index (χ0n) is 13.5. The molecule has 0 radical (unpaired) electrons. The summed E-state index contributed by atoms with van der Waals surface area (Å²) in [7, 11) is 3.48. The van der Waals surface area contributed by atoms with Gasteiger partial charge >= 0.3 is 0 Å². The molecule has 0 bridgehead atoms. The average Bonchev–Trinajstić information content (AvgIpc) is 3.17. The average molecular weight is 315 g/mol. The number of likely N-dealkylation sites (tertiary alicyclic amines) is 1. The standard InChI is InChI=1S/C16H21N5O2/c1-20-11-18-8-15(20)14-7-17-6-13(19-14)5-12-3-4-21(9-12)16(22)10-23-2/h6-8,11-12H,3-5,9-10H2,1-2H3/t12-/m0/s1. The van der Waals surface area contributed by atoms with E-state index in [1.807, 2.05) is 16.5 Å². The van der Waals surface area contributed by atoms with Crippen LogP contribution in [0.15, 0.2) is 24.9 Å². The van der Waals surface area contributed by atoms with Crippen molar-refractivity contribution in [2.75, 3.05) is 26.8 Å². The van der Waals surface area contributed by atoms with Crippen LogP contribution in [0.25, 0.3) is 11.4 Å². The molecule has 0 N–H and O–H groups in total. The van der Waals surface area contributed by atoms with Gasteiger partial charge < -0.3 is 14.2 Å². The zero-order valence-corrected chi connectivity index (χ0v) is 13.5. The first-order valence-electron chi connectivity index (χ1n) is 7.71. The molecule has 1 aliphatic heterocycles. The lowest BCUT2D eigenvalue weighted by Crippen LogP contribution is -2.31. The number of nitrogens with zero attached hydrogens (tertiary/aromatic N) is 5. The van der Waals surface area contributed by atoms with Crippen LogP contribution in [0, 0.1) is 5.92 Å². The smallest absolute Gasteiger partial charge is 0.248 e. The van der Waals surface area contributed by atoms with Gasteiger partial charge in [-0.3, -0.25) is 9.78 Å². The number of hydrogen-bond donors (Lipinski definition) is 0. The molecule has 1 atom stereocenters. The SMILES string of the molecule is COCC(=O)N1CC[C@@H](Cc2cncc(-c3cncn3C)n2)C1. The molecule has 1 aliphatic rings. The number of amides is 1. The second kappa shape index (κ2) is 6.87. The van der Waals surface area contributed by atoms with Gasteiger partial charge in [0.2, 0.25) is 5.91 Å². The molecule has 0 spiro atoms. The summed E-state index contributed by atoms with van der Waals surface area (Å²) in [4.78, 5) is 26.8. The quantitative estimate of drug-likeness (QED) is 0.820. The van der Waals surface area contributed by atoms with Crippen LogP contribution >= 0.6 is 0 Å². The monoisotopic (exact) mass is 315 g/mol. The minimum absolute atomic E-state index is 0.0599. The molecule has 1 amide bonds. The Hall–Kier alpha value is -2.28. The van der Waals surface area contributed by atoms with Crippen molar-refractivity contribution in [2.24, 2.45) is 13.0 Å². The van der Waals surface area contributed by atoms with Crippen LogP contribution in [0.5, 0.6) is 0 Å². The Morgan fingerprint density at radius 2 is 2.22 bits per heavy atom. The third kappa shape index (κ3) is 3.56. The molecule has 3 rings (SSSR count). The first-order valence-corrected chi connectivity index (χ1v) is 7.71. The van der Waals surface area contributed by atoms with Crippen LogP contribution < -0.4 is 0 Å². The summed E-state index contributed by atoms with van der Waals surface area (Å²) < 4.78 is 6.84. The normalized spacial score (nSPS) is 17.7. The zero-order chi connectivity index (χ0) is 16.2. The Kier molecular flexibility index (Phi) is 4.66. The highest BCUT2D eigenvalue weighted by atomic mass is 16.5. The van der Waals surface area contributed by atoms with Crippen molar-refractivity contribution in [1.82, 2.24) is 24.4 Å². The van der Waals surface area contributed by atoms with Crippen LogP contribution in [0.1, 0.15) is 12.1 Å². The predicted octanol–water partition coefficient (Wildman–Crippen LogP) is 0.914. The fraction of sp³-hybridized carbons (Fsp3) is 0.500. The van der Waals surface area contributed by atoms with E-state index in [1.54, 1.807) is 32.0 Å². The number of aryl methyl sites for hydroxylation is 1. The largest absolute Gasteiger partial charge is 0.375 e. The third-order valence-corrected chi connectivity index (χ3v) is 4.17. The van der Waals surface area contributed by atoms with Crippen LogP contribution in [0.3, 0.4) is 0 Å². The maximum atomic E-state index is 11.9. The van der Waals surface area contributed by atoms with Crippen molar-refractivity contribution in [3.05, 3.63) is 30.6 Å². The molecule has 122 valence electrons. The highest BCUT2D eigenvalue weighted by molar-refractivity contribution is 5.77. The molecule has 7 heteroatoms. The molecular weight excluding hydrogens is 294 g/mol. The van der Waals surface area contributed by atoms with Gasteiger partial charge in [0.1, 0.15) is 12.3 Å². The Balaban J connectivity index is 1.65. The van der Waals surface area contributed by atoms with Crippen molar-refractivity contribution in [3.63, 3.8) is 0 Å². The van der Waals surface area contributed by atoms with E-state index in [-0.39, 0.29) is 12.5 Å². The number of methoxy groups -OCH3 is 1. The molecule has 23 heavy (non-hydrogen) atoms. The van der Waals surface area contributed by atoms with Gasteiger partial charge in [-0.15, -0.1) is 0 Å².